The molecule has 1 fully saturated rings. The van der Waals surface area contributed by atoms with Gasteiger partial charge in [0.1, 0.15) is 17.1 Å². The molecule has 1 unspecified atom stereocenters. The van der Waals surface area contributed by atoms with Gasteiger partial charge in [-0.1, -0.05) is 38.1 Å². The molecular formula is C22H23F3N4O2S. The molecule has 0 aliphatic carbocycles. The number of carbonyl (C=O) groups excluding carboxylic acids is 1. The van der Waals surface area contributed by atoms with Crippen LogP contribution in [0.4, 0.5) is 18.9 Å². The van der Waals surface area contributed by atoms with E-state index in [1.165, 1.54) is 24.3 Å². The molecule has 0 spiro atoms. The minimum Gasteiger partial charge on any atom is -0.406 e. The van der Waals surface area contributed by atoms with E-state index in [0.717, 1.165) is 6.42 Å². The molecule has 0 bridgehead atoms. The van der Waals surface area contributed by atoms with Crippen LogP contribution in [0.2, 0.25) is 0 Å². The molecule has 1 aliphatic rings. The number of carbonyl (C=O) groups is 1. The Labute approximate surface area is 189 Å². The van der Waals surface area contributed by atoms with E-state index >= 15 is 0 Å². The Morgan fingerprint density at radius 3 is 2.47 bits per heavy atom. The summed E-state index contributed by atoms with van der Waals surface area (Å²) in [6.07, 6.45) is -3.76. The van der Waals surface area contributed by atoms with Crippen LogP contribution in [0.25, 0.3) is 0 Å². The average Bonchev–Trinajstić information content (AvgIpc) is 2.99. The lowest BCUT2D eigenvalue weighted by Gasteiger charge is -2.31. The summed E-state index contributed by atoms with van der Waals surface area (Å²) < 4.78 is 41.7. The zero-order valence-electron chi connectivity index (χ0n) is 17.5. The van der Waals surface area contributed by atoms with Crippen LogP contribution < -0.4 is 15.4 Å². The number of amidine groups is 1. The highest BCUT2D eigenvalue weighted by Gasteiger charge is 2.49. The first-order chi connectivity index (χ1) is 15.1. The maximum Gasteiger partial charge on any atom is 0.573 e. The van der Waals surface area contributed by atoms with Crippen LogP contribution in [0.1, 0.15) is 37.8 Å². The minimum absolute atomic E-state index is 0.146. The number of halogens is 3. The lowest BCUT2D eigenvalue weighted by atomic mass is 9.82. The van der Waals surface area contributed by atoms with E-state index in [0.29, 0.717) is 34.9 Å². The maximum atomic E-state index is 12.6. The highest BCUT2D eigenvalue weighted by atomic mass is 32.1. The molecule has 1 saturated heterocycles. The molecule has 1 heterocycles. The van der Waals surface area contributed by atoms with E-state index in [1.54, 1.807) is 36.1 Å². The lowest BCUT2D eigenvalue weighted by Crippen LogP contribution is -2.45. The predicted octanol–water partition coefficient (Wildman–Crippen LogP) is 4.75. The van der Waals surface area contributed by atoms with Crippen molar-refractivity contribution in [2.24, 2.45) is 0 Å². The zero-order chi connectivity index (χ0) is 23.5. The molecule has 3 N–H and O–H groups in total. The molecule has 1 atom stereocenters. The van der Waals surface area contributed by atoms with E-state index in [2.05, 4.69) is 15.4 Å². The fourth-order valence-corrected chi connectivity index (χ4v) is 3.93. The van der Waals surface area contributed by atoms with Gasteiger partial charge in [0.25, 0.3) is 0 Å². The molecule has 170 valence electrons. The smallest absolute Gasteiger partial charge is 0.406 e. The van der Waals surface area contributed by atoms with Crippen LogP contribution in [-0.4, -0.2) is 34.7 Å². The van der Waals surface area contributed by atoms with Gasteiger partial charge in [-0.2, -0.15) is 0 Å². The molecule has 2 aromatic rings. The Hall–Kier alpha value is -3.14. The number of hydrogen-bond acceptors (Lipinski definition) is 4. The molecule has 0 saturated carbocycles. The average molecular weight is 465 g/mol. The van der Waals surface area contributed by atoms with Crippen molar-refractivity contribution in [2.45, 2.75) is 38.6 Å². The number of alkyl halides is 3. The molecule has 0 radical (unpaired) electrons. The predicted molar refractivity (Wildman–Crippen MR) is 120 cm³/mol. The van der Waals surface area contributed by atoms with Crippen molar-refractivity contribution in [1.82, 2.24) is 10.2 Å². The SMILES string of the molecule is CCCN1C(=N)C(c2ccc(OC(F)(F)F)cc2)(c2cccc(NC(=O)CC)c2)NC1=S. The molecule has 32 heavy (non-hydrogen) atoms. The van der Waals surface area contributed by atoms with Gasteiger partial charge in [0.2, 0.25) is 5.91 Å². The number of benzene rings is 2. The highest BCUT2D eigenvalue weighted by Crippen LogP contribution is 2.38. The number of nitrogens with one attached hydrogen (secondary N) is 3. The van der Waals surface area contributed by atoms with E-state index < -0.39 is 11.9 Å². The van der Waals surface area contributed by atoms with Gasteiger partial charge in [-0.3, -0.25) is 10.2 Å². The van der Waals surface area contributed by atoms with E-state index in [9.17, 15) is 18.0 Å². The number of rotatable bonds is 7. The molecule has 6 nitrogen and oxygen atoms in total. The van der Waals surface area contributed by atoms with Crippen LogP contribution in [0, 0.1) is 5.41 Å². The number of thiocarbonyl (C=S) groups is 1. The Balaban J connectivity index is 2.10. The molecule has 0 aromatic heterocycles. The first-order valence-electron chi connectivity index (χ1n) is 10.1. The van der Waals surface area contributed by atoms with Gasteiger partial charge in [0.15, 0.2) is 5.11 Å². The second-order valence-corrected chi connectivity index (χ2v) is 7.62. The number of amides is 1. The molecule has 3 rings (SSSR count). The Morgan fingerprint density at radius 1 is 1.19 bits per heavy atom. The third-order valence-corrected chi connectivity index (χ3v) is 5.36. The summed E-state index contributed by atoms with van der Waals surface area (Å²) in [5, 5.41) is 15.3. The van der Waals surface area contributed by atoms with E-state index in [-0.39, 0.29) is 17.5 Å². The largest absolute Gasteiger partial charge is 0.573 e. The summed E-state index contributed by atoms with van der Waals surface area (Å²) >= 11 is 5.48. The zero-order valence-corrected chi connectivity index (χ0v) is 18.4. The summed E-state index contributed by atoms with van der Waals surface area (Å²) in [6, 6.07) is 12.3. The van der Waals surface area contributed by atoms with Gasteiger partial charge in [-0.05, 0) is 54.0 Å². The summed E-state index contributed by atoms with van der Waals surface area (Å²) in [5.41, 5.74) is 0.426. The Morgan fingerprint density at radius 2 is 1.88 bits per heavy atom. The van der Waals surface area contributed by atoms with Gasteiger partial charge in [-0.25, -0.2) is 0 Å². The number of nitrogens with zero attached hydrogens (tertiary/aromatic N) is 1. The van der Waals surface area contributed by atoms with Crippen molar-refractivity contribution in [3.8, 4) is 5.75 Å². The molecule has 2 aromatic carbocycles. The molecule has 1 amide bonds. The van der Waals surface area contributed by atoms with Crippen molar-refractivity contribution < 1.29 is 22.7 Å². The van der Waals surface area contributed by atoms with Crippen LogP contribution in [0.5, 0.6) is 5.75 Å². The van der Waals surface area contributed by atoms with E-state index in [4.69, 9.17) is 17.6 Å². The topological polar surface area (TPSA) is 77.5 Å². The van der Waals surface area contributed by atoms with Crippen molar-refractivity contribution in [1.29, 1.82) is 5.41 Å². The lowest BCUT2D eigenvalue weighted by molar-refractivity contribution is -0.274. The van der Waals surface area contributed by atoms with Gasteiger partial charge < -0.3 is 20.3 Å². The second kappa shape index (κ2) is 9.15. The molecular weight excluding hydrogens is 441 g/mol. The van der Waals surface area contributed by atoms with Crippen molar-refractivity contribution in [2.75, 3.05) is 11.9 Å². The third kappa shape index (κ3) is 4.69. The van der Waals surface area contributed by atoms with Crippen molar-refractivity contribution >= 4 is 34.8 Å². The van der Waals surface area contributed by atoms with Gasteiger partial charge in [-0.15, -0.1) is 13.2 Å². The first kappa shape index (κ1) is 23.5. The summed E-state index contributed by atoms with van der Waals surface area (Å²) in [4.78, 5) is 13.5. The third-order valence-electron chi connectivity index (χ3n) is 5.03. The number of anilines is 1. The van der Waals surface area contributed by atoms with Crippen LogP contribution in [0.15, 0.2) is 48.5 Å². The van der Waals surface area contributed by atoms with Crippen molar-refractivity contribution in [3.05, 3.63) is 59.7 Å². The summed E-state index contributed by atoms with van der Waals surface area (Å²) in [6.45, 7) is 4.20. The maximum absolute atomic E-state index is 12.6. The minimum atomic E-state index is -4.80. The fourth-order valence-electron chi connectivity index (χ4n) is 3.60. The summed E-state index contributed by atoms with van der Waals surface area (Å²) in [7, 11) is 0. The molecule has 1 aliphatic heterocycles. The normalized spacial score (nSPS) is 18.5. The van der Waals surface area contributed by atoms with Crippen LogP contribution >= 0.6 is 12.2 Å². The first-order valence-corrected chi connectivity index (χ1v) is 10.5. The Kier molecular flexibility index (Phi) is 6.73. The standard InChI is InChI=1S/C22H23F3N4O2S/c1-3-12-29-19(26)21(28-20(29)32,14-8-10-17(11-9-14)31-22(23,24)25)15-6-5-7-16(13-15)27-18(30)4-2/h5-11,13,26H,3-4,12H2,1-2H3,(H,27,30)(H,28,32). The quantitative estimate of drug-likeness (QED) is 0.516. The number of ether oxygens (including phenoxy) is 1. The number of hydrogen-bond donors (Lipinski definition) is 3. The fraction of sp³-hybridized carbons (Fsp3) is 0.318. The van der Waals surface area contributed by atoms with Gasteiger partial charge >= 0.3 is 6.36 Å². The van der Waals surface area contributed by atoms with Crippen LogP contribution in [-0.2, 0) is 10.3 Å². The molecule has 10 heteroatoms. The van der Waals surface area contributed by atoms with E-state index in [1.807, 2.05) is 6.92 Å². The summed E-state index contributed by atoms with van der Waals surface area (Å²) in [5.74, 6) is -0.381. The van der Waals surface area contributed by atoms with Crippen LogP contribution in [0.3, 0.4) is 0 Å². The van der Waals surface area contributed by atoms with Gasteiger partial charge in [0.05, 0.1) is 0 Å². The monoisotopic (exact) mass is 464 g/mol. The van der Waals surface area contributed by atoms with Crippen molar-refractivity contribution in [3.63, 3.8) is 0 Å². The highest BCUT2D eigenvalue weighted by molar-refractivity contribution is 7.80. The van der Waals surface area contributed by atoms with Gasteiger partial charge in [0, 0.05) is 18.7 Å². The Bertz CT molecular complexity index is 1030. The second-order valence-electron chi connectivity index (χ2n) is 7.24.